The minimum atomic E-state index is 0.134. The van der Waals surface area contributed by atoms with Crippen molar-refractivity contribution in [3.05, 3.63) is 162 Å². The predicted octanol–water partition coefficient (Wildman–Crippen LogP) is 14.7. The maximum absolute atomic E-state index is 2.63. The van der Waals surface area contributed by atoms with E-state index in [0.29, 0.717) is 5.41 Å². The number of hydrogen-bond acceptors (Lipinski definition) is 2. The third-order valence-corrected chi connectivity index (χ3v) is 17.4. The fourth-order valence-corrected chi connectivity index (χ4v) is 14.9. The van der Waals surface area contributed by atoms with Crippen molar-refractivity contribution in [3.8, 4) is 22.3 Å². The summed E-state index contributed by atoms with van der Waals surface area (Å²) in [6.07, 6.45) is 8.30. The monoisotopic (exact) mass is 745 g/mol. The predicted molar refractivity (Wildman–Crippen MR) is 233 cm³/mol. The summed E-state index contributed by atoms with van der Waals surface area (Å²) in [6, 6.07) is 53.6. The zero-order valence-electron chi connectivity index (χ0n) is 33.2. The maximum atomic E-state index is 2.63. The Bertz CT molecular complexity index is 2550. The second kappa shape index (κ2) is 11.5. The van der Waals surface area contributed by atoms with Crippen molar-refractivity contribution in [2.75, 3.05) is 4.90 Å². The highest BCUT2D eigenvalue weighted by atomic mass is 32.2. The van der Waals surface area contributed by atoms with Crippen LogP contribution in [0.25, 0.3) is 22.3 Å². The summed E-state index contributed by atoms with van der Waals surface area (Å²) < 4.78 is 0. The Morgan fingerprint density at radius 3 is 1.80 bits per heavy atom. The Balaban J connectivity index is 0.946. The fraction of sp³-hybridized carbons (Fsp3) is 0.333. The van der Waals surface area contributed by atoms with Crippen molar-refractivity contribution in [3.63, 3.8) is 0 Å². The number of fused-ring (bicyclic) bond motifs is 8. The van der Waals surface area contributed by atoms with Crippen LogP contribution in [-0.4, -0.2) is 0 Å². The molecule has 4 saturated carbocycles. The average Bonchev–Trinajstić information content (AvgIpc) is 3.76. The van der Waals surface area contributed by atoms with Crippen LogP contribution in [0.3, 0.4) is 0 Å². The van der Waals surface area contributed by atoms with Gasteiger partial charge in [0, 0.05) is 32.3 Å². The molecule has 0 aromatic heterocycles. The van der Waals surface area contributed by atoms with E-state index < -0.39 is 0 Å². The summed E-state index contributed by atoms with van der Waals surface area (Å²) >= 11 is 2.01. The van der Waals surface area contributed by atoms with Crippen molar-refractivity contribution in [2.45, 2.75) is 92.3 Å². The van der Waals surface area contributed by atoms with Crippen molar-refractivity contribution in [1.29, 1.82) is 0 Å². The number of hydrogen-bond donors (Lipinski definition) is 0. The second-order valence-electron chi connectivity index (χ2n) is 19.7. The molecule has 0 N–H and O–H groups in total. The molecule has 278 valence electrons. The minimum absolute atomic E-state index is 0.134. The van der Waals surface area contributed by atoms with Gasteiger partial charge >= 0.3 is 0 Å². The molecule has 2 bridgehead atoms. The van der Waals surface area contributed by atoms with Gasteiger partial charge in [-0.05, 0) is 178 Å². The standard InChI is InChI=1S/C54H51NS/c1-51(2)26-27-52(3,4)45-32-42(23-24-43(45)51)55(40-19-14-36(15-20-40)35-10-6-5-7-11-35)41-21-16-37(17-22-41)38-18-25-48-46(30-38)54(44-12-8-9-13-47(44)56-48)49-29-34-28-39-31-50(54)53(39,49)33-34/h5-25,30,32,34,39,49-50H,26-29,31,33H2,1-4H3. The molecule has 0 radical (unpaired) electrons. The van der Waals surface area contributed by atoms with Gasteiger partial charge in [-0.2, -0.15) is 0 Å². The van der Waals surface area contributed by atoms with Crippen LogP contribution in [0.5, 0.6) is 0 Å². The molecule has 1 heterocycles. The van der Waals surface area contributed by atoms with E-state index in [0.717, 1.165) is 23.7 Å². The first-order valence-corrected chi connectivity index (χ1v) is 22.1. The molecule has 0 saturated heterocycles. The lowest BCUT2D eigenvalue weighted by Gasteiger charge is -2.78. The van der Waals surface area contributed by atoms with Gasteiger partial charge in [0.25, 0.3) is 0 Å². The van der Waals surface area contributed by atoms with Crippen LogP contribution in [0.2, 0.25) is 0 Å². The Morgan fingerprint density at radius 1 is 0.482 bits per heavy atom. The molecule has 12 rings (SSSR count). The van der Waals surface area contributed by atoms with E-state index in [-0.39, 0.29) is 16.2 Å². The third-order valence-electron chi connectivity index (χ3n) is 16.3. The SMILES string of the molecule is CC1(C)CCC(C)(C)c2cc(N(c3ccc(-c4ccccc4)cc3)c3ccc(-c4ccc5c(c4)C4(c6ccccc6S5)C5CC6CC7CC4C75C6)cc3)ccc21. The van der Waals surface area contributed by atoms with Crippen LogP contribution in [0.15, 0.2) is 149 Å². The van der Waals surface area contributed by atoms with Gasteiger partial charge in [-0.3, -0.25) is 0 Å². The molecule has 6 aromatic rings. The maximum Gasteiger partial charge on any atom is 0.0464 e. The van der Waals surface area contributed by atoms with Gasteiger partial charge in [0.05, 0.1) is 0 Å². The van der Waals surface area contributed by atoms with Gasteiger partial charge in [0.15, 0.2) is 0 Å². The van der Waals surface area contributed by atoms with Crippen LogP contribution >= 0.6 is 11.8 Å². The molecule has 0 amide bonds. The van der Waals surface area contributed by atoms with Gasteiger partial charge < -0.3 is 4.90 Å². The molecule has 2 heteroatoms. The van der Waals surface area contributed by atoms with E-state index in [9.17, 15) is 0 Å². The van der Waals surface area contributed by atoms with Crippen molar-refractivity contribution in [1.82, 2.24) is 0 Å². The summed E-state index contributed by atoms with van der Waals surface area (Å²) in [7, 11) is 0. The van der Waals surface area contributed by atoms with Gasteiger partial charge in [-0.25, -0.2) is 0 Å². The molecule has 2 spiro atoms. The first kappa shape index (κ1) is 33.6. The van der Waals surface area contributed by atoms with Crippen LogP contribution in [-0.2, 0) is 16.2 Å². The highest BCUT2D eigenvalue weighted by Gasteiger charge is 2.84. The second-order valence-corrected chi connectivity index (χ2v) is 20.7. The van der Waals surface area contributed by atoms with E-state index in [2.05, 4.69) is 172 Å². The largest absolute Gasteiger partial charge is 0.310 e. The zero-order valence-corrected chi connectivity index (χ0v) is 34.0. The zero-order chi connectivity index (χ0) is 37.6. The molecular weight excluding hydrogens is 695 g/mol. The van der Waals surface area contributed by atoms with Crippen LogP contribution in [0.4, 0.5) is 17.1 Å². The third kappa shape index (κ3) is 4.40. The normalized spacial score (nSPS) is 29.0. The van der Waals surface area contributed by atoms with E-state index >= 15 is 0 Å². The lowest BCUT2D eigenvalue weighted by molar-refractivity contribution is -0.235. The minimum Gasteiger partial charge on any atom is -0.310 e. The van der Waals surface area contributed by atoms with E-state index in [1.54, 1.807) is 11.1 Å². The molecule has 56 heavy (non-hydrogen) atoms. The molecule has 6 atom stereocenters. The molecule has 6 unspecified atom stereocenters. The summed E-state index contributed by atoms with van der Waals surface area (Å²) in [6.45, 7) is 9.71. The number of nitrogens with zero attached hydrogens (tertiary/aromatic N) is 1. The van der Waals surface area contributed by atoms with Gasteiger partial charge in [-0.15, -0.1) is 0 Å². The molecule has 6 aromatic carbocycles. The summed E-state index contributed by atoms with van der Waals surface area (Å²) in [5.41, 5.74) is 16.1. The Labute approximate surface area is 337 Å². The lowest BCUT2D eigenvalue weighted by Crippen LogP contribution is -2.74. The quantitative estimate of drug-likeness (QED) is 0.173. The number of rotatable bonds is 5. The molecule has 1 nitrogen and oxygen atoms in total. The number of anilines is 3. The van der Waals surface area contributed by atoms with Gasteiger partial charge in [0.2, 0.25) is 0 Å². The van der Waals surface area contributed by atoms with Gasteiger partial charge in [-0.1, -0.05) is 124 Å². The summed E-state index contributed by atoms with van der Waals surface area (Å²) in [4.78, 5) is 5.47. The van der Waals surface area contributed by atoms with Gasteiger partial charge in [0.1, 0.15) is 0 Å². The van der Waals surface area contributed by atoms with Crippen LogP contribution < -0.4 is 4.90 Å². The number of benzene rings is 6. The first-order chi connectivity index (χ1) is 27.2. The Kier molecular flexibility index (Phi) is 6.92. The topological polar surface area (TPSA) is 3.24 Å². The highest BCUT2D eigenvalue weighted by Crippen LogP contribution is 2.89. The summed E-state index contributed by atoms with van der Waals surface area (Å²) in [5.74, 6) is 3.57. The smallest absolute Gasteiger partial charge is 0.0464 e. The molecule has 6 aliphatic rings. The van der Waals surface area contributed by atoms with Crippen LogP contribution in [0.1, 0.15) is 88.5 Å². The fourth-order valence-electron chi connectivity index (χ4n) is 13.7. The van der Waals surface area contributed by atoms with E-state index in [1.165, 1.54) is 98.8 Å². The summed E-state index contributed by atoms with van der Waals surface area (Å²) in [5, 5.41) is 0. The first-order valence-electron chi connectivity index (χ1n) is 21.3. The van der Waals surface area contributed by atoms with E-state index in [1.807, 2.05) is 11.8 Å². The molecule has 1 aliphatic heterocycles. The highest BCUT2D eigenvalue weighted by molar-refractivity contribution is 7.99. The molecule has 5 aliphatic carbocycles. The average molecular weight is 746 g/mol. The van der Waals surface area contributed by atoms with Crippen molar-refractivity contribution >= 4 is 28.8 Å². The van der Waals surface area contributed by atoms with Crippen molar-refractivity contribution < 1.29 is 0 Å². The van der Waals surface area contributed by atoms with Crippen LogP contribution in [0, 0.1) is 29.1 Å². The molecule has 4 fully saturated rings. The lowest BCUT2D eigenvalue weighted by atomic mass is 9.26. The van der Waals surface area contributed by atoms with E-state index in [4.69, 9.17) is 0 Å². The van der Waals surface area contributed by atoms with Crippen molar-refractivity contribution in [2.24, 2.45) is 29.1 Å². The Morgan fingerprint density at radius 2 is 1.07 bits per heavy atom. The molecular formula is C54H51NS. The Hall–Kier alpha value is -4.53.